The Bertz CT molecular complexity index is 812. The van der Waals surface area contributed by atoms with Crippen molar-refractivity contribution >= 4 is 11.0 Å². The second-order valence-corrected chi connectivity index (χ2v) is 6.32. The van der Waals surface area contributed by atoms with E-state index in [1.807, 2.05) is 31.2 Å². The number of hydrogen-bond acceptors (Lipinski definition) is 6. The Morgan fingerprint density at radius 1 is 1.35 bits per heavy atom. The standard InChI is InChI=1S/C16H19N5O2/c1-10-5-13(18-17-10)6-12-8-21(9-15(12)22)7-11-3-2-4-14-16(11)20-23-19-14/h2-5,12,15,22H,6-9H2,1H3,(H,17,18)/t12-,15+/m1/s1. The van der Waals surface area contributed by atoms with E-state index in [1.165, 1.54) is 0 Å². The molecule has 7 heteroatoms. The summed E-state index contributed by atoms with van der Waals surface area (Å²) in [5, 5.41) is 25.4. The first-order valence-corrected chi connectivity index (χ1v) is 7.80. The predicted octanol–water partition coefficient (Wildman–Crippen LogP) is 1.29. The molecule has 1 aromatic carbocycles. The summed E-state index contributed by atoms with van der Waals surface area (Å²) in [6, 6.07) is 7.91. The van der Waals surface area contributed by atoms with E-state index in [0.29, 0.717) is 6.54 Å². The number of aromatic nitrogens is 4. The Morgan fingerprint density at radius 2 is 2.26 bits per heavy atom. The van der Waals surface area contributed by atoms with Crippen molar-refractivity contribution in [1.29, 1.82) is 0 Å². The number of benzene rings is 1. The third kappa shape index (κ3) is 2.85. The number of aliphatic hydroxyl groups excluding tert-OH is 1. The molecule has 4 rings (SSSR count). The lowest BCUT2D eigenvalue weighted by molar-refractivity contribution is 0.140. The molecule has 0 saturated carbocycles. The van der Waals surface area contributed by atoms with Crippen molar-refractivity contribution < 1.29 is 9.74 Å². The minimum Gasteiger partial charge on any atom is -0.391 e. The van der Waals surface area contributed by atoms with E-state index in [2.05, 4.69) is 25.4 Å². The molecule has 0 unspecified atom stereocenters. The molecule has 0 aliphatic carbocycles. The molecule has 3 heterocycles. The van der Waals surface area contributed by atoms with E-state index in [9.17, 15) is 5.11 Å². The third-order valence-corrected chi connectivity index (χ3v) is 4.48. The topological polar surface area (TPSA) is 91.1 Å². The fourth-order valence-electron chi connectivity index (χ4n) is 3.35. The normalized spacial score (nSPS) is 22.2. The van der Waals surface area contributed by atoms with Crippen LogP contribution in [0.2, 0.25) is 0 Å². The van der Waals surface area contributed by atoms with Gasteiger partial charge in [0.1, 0.15) is 11.0 Å². The largest absolute Gasteiger partial charge is 0.391 e. The van der Waals surface area contributed by atoms with Gasteiger partial charge in [-0.15, -0.1) is 0 Å². The van der Waals surface area contributed by atoms with Crippen LogP contribution < -0.4 is 0 Å². The Morgan fingerprint density at radius 3 is 3.09 bits per heavy atom. The molecule has 120 valence electrons. The van der Waals surface area contributed by atoms with Crippen LogP contribution in [-0.2, 0) is 13.0 Å². The highest BCUT2D eigenvalue weighted by atomic mass is 16.6. The summed E-state index contributed by atoms with van der Waals surface area (Å²) < 4.78 is 4.81. The first-order valence-electron chi connectivity index (χ1n) is 7.80. The summed E-state index contributed by atoms with van der Waals surface area (Å²) in [6.45, 7) is 4.23. The molecule has 1 aliphatic heterocycles. The van der Waals surface area contributed by atoms with Gasteiger partial charge in [-0.3, -0.25) is 10.00 Å². The first-order chi connectivity index (χ1) is 11.2. The van der Waals surface area contributed by atoms with Gasteiger partial charge in [-0.25, -0.2) is 4.63 Å². The minimum atomic E-state index is -0.332. The Balaban J connectivity index is 1.46. The second kappa shape index (κ2) is 5.75. The summed E-state index contributed by atoms with van der Waals surface area (Å²) in [7, 11) is 0. The number of β-amino-alcohol motifs (C(OH)–C–C–N with tert-alkyl or cyclic N) is 1. The number of likely N-dealkylation sites (tertiary alicyclic amines) is 1. The molecule has 3 aromatic rings. The van der Waals surface area contributed by atoms with Gasteiger partial charge in [-0.1, -0.05) is 12.1 Å². The number of H-pyrrole nitrogens is 1. The van der Waals surface area contributed by atoms with Gasteiger partial charge in [0, 0.05) is 31.2 Å². The quantitative estimate of drug-likeness (QED) is 0.754. The Labute approximate surface area is 133 Å². The average Bonchev–Trinajstić information content (AvgIpc) is 3.22. The predicted molar refractivity (Wildman–Crippen MR) is 83.6 cm³/mol. The van der Waals surface area contributed by atoms with Gasteiger partial charge in [0.15, 0.2) is 0 Å². The molecule has 0 spiro atoms. The van der Waals surface area contributed by atoms with Crippen LogP contribution in [0, 0.1) is 12.8 Å². The zero-order chi connectivity index (χ0) is 15.8. The Hall–Kier alpha value is -2.25. The van der Waals surface area contributed by atoms with Crippen LogP contribution in [0.1, 0.15) is 17.0 Å². The Kier molecular flexibility index (Phi) is 3.59. The SMILES string of the molecule is Cc1cc(C[C@@H]2CN(Cc3cccc4nonc34)C[C@@H]2O)n[nH]1. The molecule has 1 saturated heterocycles. The zero-order valence-electron chi connectivity index (χ0n) is 12.9. The van der Waals surface area contributed by atoms with E-state index >= 15 is 0 Å². The average molecular weight is 313 g/mol. The summed E-state index contributed by atoms with van der Waals surface area (Å²) in [6.07, 6.45) is 0.458. The molecule has 23 heavy (non-hydrogen) atoms. The summed E-state index contributed by atoms with van der Waals surface area (Å²) in [5.41, 5.74) is 4.71. The van der Waals surface area contributed by atoms with Crippen molar-refractivity contribution in [3.63, 3.8) is 0 Å². The highest BCUT2D eigenvalue weighted by Crippen LogP contribution is 2.24. The minimum absolute atomic E-state index is 0.201. The third-order valence-electron chi connectivity index (χ3n) is 4.48. The van der Waals surface area contributed by atoms with Crippen molar-refractivity contribution in [2.45, 2.75) is 26.0 Å². The van der Waals surface area contributed by atoms with Gasteiger partial charge >= 0.3 is 0 Å². The maximum atomic E-state index is 10.4. The second-order valence-electron chi connectivity index (χ2n) is 6.32. The van der Waals surface area contributed by atoms with Crippen molar-refractivity contribution in [2.75, 3.05) is 13.1 Å². The maximum absolute atomic E-state index is 10.4. The van der Waals surface area contributed by atoms with Gasteiger partial charge in [-0.05, 0) is 41.4 Å². The van der Waals surface area contributed by atoms with Crippen LogP contribution in [0.15, 0.2) is 28.9 Å². The maximum Gasteiger partial charge on any atom is 0.139 e. The number of aromatic amines is 1. The van der Waals surface area contributed by atoms with Crippen molar-refractivity contribution in [3.8, 4) is 0 Å². The summed E-state index contributed by atoms with van der Waals surface area (Å²) in [5.74, 6) is 0.201. The van der Waals surface area contributed by atoms with E-state index < -0.39 is 0 Å². The number of fused-ring (bicyclic) bond motifs is 1. The monoisotopic (exact) mass is 313 g/mol. The van der Waals surface area contributed by atoms with Crippen LogP contribution >= 0.6 is 0 Å². The fraction of sp³-hybridized carbons (Fsp3) is 0.438. The van der Waals surface area contributed by atoms with E-state index in [1.54, 1.807) is 0 Å². The molecule has 1 fully saturated rings. The van der Waals surface area contributed by atoms with Crippen LogP contribution in [-0.4, -0.2) is 49.7 Å². The number of aliphatic hydroxyl groups is 1. The zero-order valence-corrected chi connectivity index (χ0v) is 12.9. The fourth-order valence-corrected chi connectivity index (χ4v) is 3.35. The summed E-state index contributed by atoms with van der Waals surface area (Å²) in [4.78, 5) is 2.25. The van der Waals surface area contributed by atoms with E-state index in [0.717, 1.165) is 47.5 Å². The lowest BCUT2D eigenvalue weighted by Gasteiger charge is -2.15. The van der Waals surface area contributed by atoms with Gasteiger partial charge in [0.05, 0.1) is 11.8 Å². The molecule has 0 amide bonds. The van der Waals surface area contributed by atoms with Crippen LogP contribution in [0.4, 0.5) is 0 Å². The molecule has 2 N–H and O–H groups in total. The smallest absolute Gasteiger partial charge is 0.139 e. The van der Waals surface area contributed by atoms with Gasteiger partial charge in [-0.2, -0.15) is 5.10 Å². The van der Waals surface area contributed by atoms with Crippen molar-refractivity contribution in [3.05, 3.63) is 41.2 Å². The van der Waals surface area contributed by atoms with Gasteiger partial charge in [0.25, 0.3) is 0 Å². The number of nitrogens with one attached hydrogen (secondary N) is 1. The van der Waals surface area contributed by atoms with Crippen LogP contribution in [0.25, 0.3) is 11.0 Å². The van der Waals surface area contributed by atoms with E-state index in [4.69, 9.17) is 4.63 Å². The van der Waals surface area contributed by atoms with E-state index in [-0.39, 0.29) is 12.0 Å². The molecule has 2 aromatic heterocycles. The highest BCUT2D eigenvalue weighted by molar-refractivity contribution is 5.76. The highest BCUT2D eigenvalue weighted by Gasteiger charge is 2.32. The van der Waals surface area contributed by atoms with Crippen molar-refractivity contribution in [2.24, 2.45) is 5.92 Å². The number of rotatable bonds is 4. The number of aryl methyl sites for hydroxylation is 1. The van der Waals surface area contributed by atoms with Gasteiger partial charge < -0.3 is 5.11 Å². The number of hydrogen-bond donors (Lipinski definition) is 2. The lowest BCUT2D eigenvalue weighted by atomic mass is 10.0. The van der Waals surface area contributed by atoms with Crippen molar-refractivity contribution in [1.82, 2.24) is 25.4 Å². The lowest BCUT2D eigenvalue weighted by Crippen LogP contribution is -2.21. The number of nitrogens with zero attached hydrogens (tertiary/aromatic N) is 4. The van der Waals surface area contributed by atoms with Crippen LogP contribution in [0.5, 0.6) is 0 Å². The molecule has 7 nitrogen and oxygen atoms in total. The molecule has 2 atom stereocenters. The summed E-state index contributed by atoms with van der Waals surface area (Å²) >= 11 is 0. The molecule has 1 aliphatic rings. The first kappa shape index (κ1) is 14.3. The molecule has 0 bridgehead atoms. The molecular formula is C16H19N5O2. The van der Waals surface area contributed by atoms with Gasteiger partial charge in [0.2, 0.25) is 0 Å². The molecular weight excluding hydrogens is 294 g/mol. The molecule has 0 radical (unpaired) electrons. The van der Waals surface area contributed by atoms with Crippen LogP contribution in [0.3, 0.4) is 0 Å².